The molecule has 4 rings (SSSR count). The number of hydrogen-bond donors (Lipinski definition) is 2. The van der Waals surface area contributed by atoms with Crippen LogP contribution in [0.25, 0.3) is 10.9 Å². The predicted molar refractivity (Wildman–Crippen MR) is 96.9 cm³/mol. The Morgan fingerprint density at radius 1 is 1.20 bits per heavy atom. The van der Waals surface area contributed by atoms with Gasteiger partial charge in [0.15, 0.2) is 0 Å². The molecule has 0 radical (unpaired) electrons. The smallest absolute Gasteiger partial charge is 0.226 e. The molecule has 2 aliphatic heterocycles. The number of nitrogens with zero attached hydrogens (tertiary/aromatic N) is 1. The minimum Gasteiger partial charge on any atom is -0.356 e. The summed E-state index contributed by atoms with van der Waals surface area (Å²) in [5.41, 5.74) is 1.74. The quantitative estimate of drug-likeness (QED) is 0.883. The second-order valence-corrected chi connectivity index (χ2v) is 7.71. The van der Waals surface area contributed by atoms with Crippen molar-refractivity contribution in [2.75, 3.05) is 6.54 Å². The molecule has 2 amide bonds. The number of aromatic nitrogens is 1. The topological polar surface area (TPSA) is 63.1 Å². The summed E-state index contributed by atoms with van der Waals surface area (Å²) in [5, 5.41) is 7.32. The summed E-state index contributed by atoms with van der Waals surface area (Å²) in [6.45, 7) is 2.67. The Balaban J connectivity index is 1.55. The van der Waals surface area contributed by atoms with E-state index in [1.807, 2.05) is 20.2 Å². The standard InChI is InChI=1S/C20H25N3O2/c1-20(9-3-10-21-19(20)25)15-6-7-16(22-18(15)24)14-5-4-13-8-11-23(2)17(13)12-14/h4-5,8,11-12,15-16H,3,6-7,9-10H2,1-2H3,(H,21,25)(H,22,24)/t15?,16?,20-/m1/s1. The van der Waals surface area contributed by atoms with Gasteiger partial charge < -0.3 is 15.2 Å². The first kappa shape index (κ1) is 16.2. The number of fused-ring (bicyclic) bond motifs is 1. The fraction of sp³-hybridized carbons (Fsp3) is 0.500. The van der Waals surface area contributed by atoms with E-state index >= 15 is 0 Å². The predicted octanol–water partition coefficient (Wildman–Crippen LogP) is 2.66. The van der Waals surface area contributed by atoms with Crippen LogP contribution in [0.4, 0.5) is 0 Å². The molecule has 2 fully saturated rings. The van der Waals surface area contributed by atoms with Crippen LogP contribution in [0.5, 0.6) is 0 Å². The van der Waals surface area contributed by atoms with Crippen LogP contribution in [0, 0.1) is 11.3 Å². The molecule has 132 valence electrons. The number of hydrogen-bond acceptors (Lipinski definition) is 2. The Bertz CT molecular complexity index is 841. The number of carbonyl (C=O) groups is 2. The van der Waals surface area contributed by atoms with Gasteiger partial charge in [0.1, 0.15) is 0 Å². The molecular formula is C20H25N3O2. The lowest BCUT2D eigenvalue weighted by molar-refractivity contribution is -0.146. The molecule has 2 unspecified atom stereocenters. The summed E-state index contributed by atoms with van der Waals surface area (Å²) in [6, 6.07) is 8.49. The summed E-state index contributed by atoms with van der Waals surface area (Å²) >= 11 is 0. The molecule has 25 heavy (non-hydrogen) atoms. The first-order valence-electron chi connectivity index (χ1n) is 9.13. The van der Waals surface area contributed by atoms with Crippen LogP contribution in [-0.4, -0.2) is 22.9 Å². The molecule has 0 saturated carbocycles. The second kappa shape index (κ2) is 5.90. The van der Waals surface area contributed by atoms with Gasteiger partial charge in [-0.05, 0) is 55.7 Å². The van der Waals surface area contributed by atoms with E-state index in [1.165, 1.54) is 10.9 Å². The van der Waals surface area contributed by atoms with E-state index in [4.69, 9.17) is 0 Å². The van der Waals surface area contributed by atoms with Gasteiger partial charge in [0.2, 0.25) is 11.8 Å². The average Bonchev–Trinajstić information content (AvgIpc) is 2.98. The van der Waals surface area contributed by atoms with Gasteiger partial charge in [-0.1, -0.05) is 12.1 Å². The number of nitrogens with one attached hydrogen (secondary N) is 2. The van der Waals surface area contributed by atoms with Crippen LogP contribution in [0.15, 0.2) is 30.5 Å². The fourth-order valence-corrected chi connectivity index (χ4v) is 4.47. The number of carbonyl (C=O) groups excluding carboxylic acids is 2. The maximum absolute atomic E-state index is 12.8. The number of rotatable bonds is 2. The van der Waals surface area contributed by atoms with Gasteiger partial charge in [0, 0.05) is 25.3 Å². The van der Waals surface area contributed by atoms with E-state index in [1.54, 1.807) is 0 Å². The van der Waals surface area contributed by atoms with Crippen molar-refractivity contribution in [2.24, 2.45) is 18.4 Å². The molecular weight excluding hydrogens is 314 g/mol. The highest BCUT2D eigenvalue weighted by Gasteiger charge is 2.48. The maximum Gasteiger partial charge on any atom is 0.226 e. The molecule has 0 aliphatic carbocycles. The third kappa shape index (κ3) is 2.62. The van der Waals surface area contributed by atoms with Crippen molar-refractivity contribution in [3.05, 3.63) is 36.0 Å². The third-order valence-corrected chi connectivity index (χ3v) is 6.14. The Kier molecular flexibility index (Phi) is 3.82. The zero-order chi connectivity index (χ0) is 17.6. The Morgan fingerprint density at radius 2 is 2.04 bits per heavy atom. The number of amides is 2. The minimum atomic E-state index is -0.574. The average molecular weight is 339 g/mol. The van der Waals surface area contributed by atoms with Crippen molar-refractivity contribution in [3.63, 3.8) is 0 Å². The molecule has 2 N–H and O–H groups in total. The molecule has 2 aromatic rings. The first-order valence-corrected chi connectivity index (χ1v) is 9.13. The van der Waals surface area contributed by atoms with Crippen LogP contribution >= 0.6 is 0 Å². The van der Waals surface area contributed by atoms with Gasteiger partial charge in [-0.3, -0.25) is 9.59 Å². The van der Waals surface area contributed by atoms with Crippen LogP contribution in [0.1, 0.15) is 44.2 Å². The largest absolute Gasteiger partial charge is 0.356 e. The Morgan fingerprint density at radius 3 is 2.80 bits per heavy atom. The van der Waals surface area contributed by atoms with Crippen molar-refractivity contribution >= 4 is 22.7 Å². The van der Waals surface area contributed by atoms with Gasteiger partial charge in [0.25, 0.3) is 0 Å². The van der Waals surface area contributed by atoms with E-state index in [0.717, 1.165) is 37.8 Å². The normalized spacial score (nSPS) is 30.2. The summed E-state index contributed by atoms with van der Waals surface area (Å²) in [7, 11) is 2.03. The summed E-state index contributed by atoms with van der Waals surface area (Å²) in [6.07, 6.45) is 5.41. The fourth-order valence-electron chi connectivity index (χ4n) is 4.47. The SMILES string of the molecule is Cn1ccc2ccc(C3CCC([C@@]4(C)CCCNC4=O)C(=O)N3)cc21. The van der Waals surface area contributed by atoms with Gasteiger partial charge in [-0.15, -0.1) is 0 Å². The van der Waals surface area contributed by atoms with E-state index in [2.05, 4.69) is 39.5 Å². The van der Waals surface area contributed by atoms with E-state index < -0.39 is 5.41 Å². The molecule has 5 nitrogen and oxygen atoms in total. The lowest BCUT2D eigenvalue weighted by atomic mass is 9.67. The van der Waals surface area contributed by atoms with Crippen molar-refractivity contribution in [3.8, 4) is 0 Å². The van der Waals surface area contributed by atoms with E-state index in [9.17, 15) is 9.59 Å². The minimum absolute atomic E-state index is 0.0165. The van der Waals surface area contributed by atoms with Gasteiger partial charge >= 0.3 is 0 Å². The van der Waals surface area contributed by atoms with Crippen molar-refractivity contribution < 1.29 is 9.59 Å². The van der Waals surface area contributed by atoms with Crippen LogP contribution in [0.3, 0.4) is 0 Å². The lowest BCUT2D eigenvalue weighted by Gasteiger charge is -2.42. The number of piperidine rings is 2. The maximum atomic E-state index is 12.8. The number of aryl methyl sites for hydroxylation is 1. The zero-order valence-electron chi connectivity index (χ0n) is 14.8. The molecule has 2 saturated heterocycles. The molecule has 1 aromatic carbocycles. The van der Waals surface area contributed by atoms with Crippen molar-refractivity contribution in [2.45, 2.75) is 38.6 Å². The molecule has 1 aromatic heterocycles. The molecule has 2 aliphatic rings. The van der Waals surface area contributed by atoms with Crippen LogP contribution < -0.4 is 10.6 Å². The molecule has 5 heteroatoms. The Hall–Kier alpha value is -2.30. The van der Waals surface area contributed by atoms with Crippen LogP contribution in [0.2, 0.25) is 0 Å². The monoisotopic (exact) mass is 339 g/mol. The highest BCUT2D eigenvalue weighted by Crippen LogP contribution is 2.42. The number of benzene rings is 1. The van der Waals surface area contributed by atoms with E-state index in [0.29, 0.717) is 0 Å². The molecule has 0 bridgehead atoms. The van der Waals surface area contributed by atoms with E-state index in [-0.39, 0.29) is 23.8 Å². The summed E-state index contributed by atoms with van der Waals surface area (Å²) < 4.78 is 2.10. The summed E-state index contributed by atoms with van der Waals surface area (Å²) in [5.74, 6) is -0.187. The lowest BCUT2D eigenvalue weighted by Crippen LogP contribution is -2.54. The molecule has 3 heterocycles. The third-order valence-electron chi connectivity index (χ3n) is 6.14. The van der Waals surface area contributed by atoms with Crippen molar-refractivity contribution in [1.29, 1.82) is 0 Å². The first-order chi connectivity index (χ1) is 12.0. The highest BCUT2D eigenvalue weighted by atomic mass is 16.2. The van der Waals surface area contributed by atoms with Gasteiger partial charge in [-0.25, -0.2) is 0 Å². The van der Waals surface area contributed by atoms with Gasteiger partial charge in [0.05, 0.1) is 17.4 Å². The second-order valence-electron chi connectivity index (χ2n) is 7.71. The summed E-state index contributed by atoms with van der Waals surface area (Å²) in [4.78, 5) is 25.2. The zero-order valence-corrected chi connectivity index (χ0v) is 14.8. The Labute approximate surface area is 147 Å². The van der Waals surface area contributed by atoms with Crippen molar-refractivity contribution in [1.82, 2.24) is 15.2 Å². The highest BCUT2D eigenvalue weighted by molar-refractivity contribution is 5.91. The molecule has 3 atom stereocenters. The van der Waals surface area contributed by atoms with Crippen LogP contribution in [-0.2, 0) is 16.6 Å². The molecule has 0 spiro atoms. The van der Waals surface area contributed by atoms with Gasteiger partial charge in [-0.2, -0.15) is 0 Å².